The molecule has 1 fully saturated rings. The zero-order valence-corrected chi connectivity index (χ0v) is 16.6. The smallest absolute Gasteiger partial charge is 0.417 e. The average molecular weight is 445 g/mol. The van der Waals surface area contributed by atoms with Gasteiger partial charge in [0.1, 0.15) is 5.52 Å². The van der Waals surface area contributed by atoms with E-state index in [2.05, 4.69) is 4.98 Å². The Kier molecular flexibility index (Phi) is 5.08. The second-order valence-corrected chi connectivity index (χ2v) is 9.20. The monoisotopic (exact) mass is 444 g/mol. The zero-order chi connectivity index (χ0) is 20.8. The van der Waals surface area contributed by atoms with Gasteiger partial charge < -0.3 is 4.42 Å². The van der Waals surface area contributed by atoms with Gasteiger partial charge in [0.05, 0.1) is 10.5 Å². The maximum absolute atomic E-state index is 13.4. The third kappa shape index (κ3) is 3.86. The summed E-state index contributed by atoms with van der Waals surface area (Å²) in [6.07, 6.45) is -3.73. The zero-order valence-electron chi connectivity index (χ0n) is 15.0. The molecule has 0 bridgehead atoms. The summed E-state index contributed by atoms with van der Waals surface area (Å²) in [5, 5.41) is -0.181. The van der Waals surface area contributed by atoms with Gasteiger partial charge in [-0.25, -0.2) is 13.4 Å². The molecule has 0 N–H and O–H groups in total. The largest absolute Gasteiger partial charge is 0.440 e. The van der Waals surface area contributed by atoms with Crippen molar-refractivity contribution in [2.75, 3.05) is 13.1 Å². The Labute approximate surface area is 170 Å². The molecule has 0 aliphatic carbocycles. The molecule has 10 heteroatoms. The van der Waals surface area contributed by atoms with Crippen LogP contribution in [-0.2, 0) is 16.2 Å². The van der Waals surface area contributed by atoms with Gasteiger partial charge in [0.2, 0.25) is 10.0 Å². The van der Waals surface area contributed by atoms with Crippen molar-refractivity contribution in [3.8, 4) is 0 Å². The molecule has 0 radical (unpaired) electrons. The molecule has 1 aliphatic rings. The number of hydrogen-bond acceptors (Lipinski definition) is 4. The maximum Gasteiger partial charge on any atom is 0.417 e. The second kappa shape index (κ2) is 7.30. The van der Waals surface area contributed by atoms with Crippen molar-refractivity contribution >= 4 is 32.7 Å². The highest BCUT2D eigenvalue weighted by Crippen LogP contribution is 2.38. The van der Waals surface area contributed by atoms with Crippen LogP contribution in [0.1, 0.15) is 30.2 Å². The van der Waals surface area contributed by atoms with Gasteiger partial charge in [-0.1, -0.05) is 23.7 Å². The Balaban J connectivity index is 1.67. The predicted molar refractivity (Wildman–Crippen MR) is 101 cm³/mol. The molecule has 1 aromatic heterocycles. The average Bonchev–Trinajstić information content (AvgIpc) is 3.11. The van der Waals surface area contributed by atoms with E-state index in [1.54, 1.807) is 18.2 Å². The first kappa shape index (κ1) is 20.2. The molecule has 2 aromatic carbocycles. The van der Waals surface area contributed by atoms with Gasteiger partial charge in [0, 0.05) is 24.0 Å². The van der Waals surface area contributed by atoms with Crippen LogP contribution in [0.2, 0.25) is 5.02 Å². The number of hydrogen-bond donors (Lipinski definition) is 0. The Hall–Kier alpha value is -2.10. The first-order valence-electron chi connectivity index (χ1n) is 8.88. The van der Waals surface area contributed by atoms with Crippen LogP contribution < -0.4 is 0 Å². The Bertz CT molecular complexity index is 1130. The third-order valence-corrected chi connectivity index (χ3v) is 7.07. The Morgan fingerprint density at radius 3 is 2.66 bits per heavy atom. The number of piperidine rings is 1. The maximum atomic E-state index is 13.4. The van der Waals surface area contributed by atoms with Crippen LogP contribution >= 0.6 is 11.6 Å². The van der Waals surface area contributed by atoms with Crippen molar-refractivity contribution in [2.45, 2.75) is 29.8 Å². The third-order valence-electron chi connectivity index (χ3n) is 4.91. The van der Waals surface area contributed by atoms with Gasteiger partial charge in [-0.15, -0.1) is 0 Å². The molecule has 1 unspecified atom stereocenters. The lowest BCUT2D eigenvalue weighted by molar-refractivity contribution is -0.139. The van der Waals surface area contributed by atoms with E-state index in [4.69, 9.17) is 16.0 Å². The number of benzene rings is 2. The van der Waals surface area contributed by atoms with Gasteiger partial charge in [0.15, 0.2) is 11.5 Å². The van der Waals surface area contributed by atoms with Gasteiger partial charge in [-0.3, -0.25) is 0 Å². The summed E-state index contributed by atoms with van der Waals surface area (Å²) < 4.78 is 73.2. The van der Waals surface area contributed by atoms with Crippen LogP contribution in [-0.4, -0.2) is 30.8 Å². The van der Waals surface area contributed by atoms with E-state index in [0.29, 0.717) is 35.9 Å². The van der Waals surface area contributed by atoms with E-state index < -0.39 is 26.7 Å². The normalized spacial score (nSPS) is 19.0. The standard InChI is InChI=1S/C19H16ClF3N2O3S/c20-13-7-8-17(14(10-13)19(21,22)23)29(26,27)25-9-3-4-12(11-25)18-24-15-5-1-2-6-16(15)28-18/h1-2,5-8,10,12H,3-4,9,11H2. The minimum atomic E-state index is -4.84. The molecule has 0 spiro atoms. The lowest BCUT2D eigenvalue weighted by Gasteiger charge is -2.31. The number of para-hydroxylation sites is 2. The molecule has 154 valence electrons. The fourth-order valence-corrected chi connectivity index (χ4v) is 5.40. The number of halogens is 4. The molecule has 0 saturated carbocycles. The Morgan fingerprint density at radius 1 is 1.17 bits per heavy atom. The predicted octanol–water partition coefficient (Wildman–Crippen LogP) is 5.07. The topological polar surface area (TPSA) is 63.4 Å². The molecule has 3 aromatic rings. The Morgan fingerprint density at radius 2 is 1.93 bits per heavy atom. The molecule has 5 nitrogen and oxygen atoms in total. The highest BCUT2D eigenvalue weighted by molar-refractivity contribution is 7.89. The second-order valence-electron chi connectivity index (χ2n) is 6.86. The van der Waals surface area contributed by atoms with Gasteiger partial charge in [-0.05, 0) is 43.2 Å². The summed E-state index contributed by atoms with van der Waals surface area (Å²) >= 11 is 5.67. The van der Waals surface area contributed by atoms with Crippen molar-refractivity contribution in [1.29, 1.82) is 0 Å². The van der Waals surface area contributed by atoms with Gasteiger partial charge in [0.25, 0.3) is 0 Å². The number of aromatic nitrogens is 1. The molecule has 0 amide bonds. The minimum absolute atomic E-state index is 0.00488. The van der Waals surface area contributed by atoms with Crippen molar-refractivity contribution < 1.29 is 26.0 Å². The van der Waals surface area contributed by atoms with Crippen molar-refractivity contribution in [2.24, 2.45) is 0 Å². The van der Waals surface area contributed by atoms with Gasteiger partial charge >= 0.3 is 6.18 Å². The number of oxazole rings is 1. The highest BCUT2D eigenvalue weighted by atomic mass is 35.5. The lowest BCUT2D eigenvalue weighted by atomic mass is 10.00. The van der Waals surface area contributed by atoms with Crippen molar-refractivity contribution in [3.05, 3.63) is 58.9 Å². The molecule has 4 rings (SSSR count). The van der Waals surface area contributed by atoms with Crippen LogP contribution in [0.4, 0.5) is 13.2 Å². The van der Waals surface area contributed by atoms with E-state index in [1.165, 1.54) is 0 Å². The first-order valence-corrected chi connectivity index (χ1v) is 10.7. The van der Waals surface area contributed by atoms with E-state index in [1.807, 2.05) is 6.07 Å². The van der Waals surface area contributed by atoms with Crippen molar-refractivity contribution in [3.63, 3.8) is 0 Å². The quantitative estimate of drug-likeness (QED) is 0.566. The SMILES string of the molecule is O=S(=O)(c1ccc(Cl)cc1C(F)(F)F)N1CCCC(c2nc3ccccc3o2)C1. The molecule has 29 heavy (non-hydrogen) atoms. The van der Waals surface area contributed by atoms with Crippen LogP contribution in [0.3, 0.4) is 0 Å². The number of fused-ring (bicyclic) bond motifs is 1. The molecule has 2 heterocycles. The number of sulfonamides is 1. The fraction of sp³-hybridized carbons (Fsp3) is 0.316. The number of alkyl halides is 3. The fourth-order valence-electron chi connectivity index (χ4n) is 3.51. The highest BCUT2D eigenvalue weighted by Gasteiger charge is 2.41. The minimum Gasteiger partial charge on any atom is -0.440 e. The van der Waals surface area contributed by atoms with Crippen LogP contribution in [0.25, 0.3) is 11.1 Å². The summed E-state index contributed by atoms with van der Waals surface area (Å²) in [7, 11) is -4.38. The van der Waals surface area contributed by atoms with E-state index in [0.717, 1.165) is 16.4 Å². The summed E-state index contributed by atoms with van der Waals surface area (Å²) in [6.45, 7) is 0.119. The molecule has 1 saturated heterocycles. The molecular weight excluding hydrogens is 429 g/mol. The van der Waals surface area contributed by atoms with E-state index >= 15 is 0 Å². The summed E-state index contributed by atoms with van der Waals surface area (Å²) in [4.78, 5) is 3.61. The first-order chi connectivity index (χ1) is 13.7. The van der Waals surface area contributed by atoms with Crippen LogP contribution in [0, 0.1) is 0 Å². The van der Waals surface area contributed by atoms with Gasteiger partial charge in [-0.2, -0.15) is 17.5 Å². The summed E-state index contributed by atoms with van der Waals surface area (Å²) in [6, 6.07) is 9.83. The number of rotatable bonds is 3. The molecule has 1 atom stereocenters. The molecule has 1 aliphatic heterocycles. The lowest BCUT2D eigenvalue weighted by Crippen LogP contribution is -2.39. The number of nitrogens with zero attached hydrogens (tertiary/aromatic N) is 2. The van der Waals surface area contributed by atoms with Crippen molar-refractivity contribution in [1.82, 2.24) is 9.29 Å². The van der Waals surface area contributed by atoms with Crippen LogP contribution in [0.5, 0.6) is 0 Å². The van der Waals surface area contributed by atoms with E-state index in [9.17, 15) is 21.6 Å². The summed E-state index contributed by atoms with van der Waals surface area (Å²) in [5.74, 6) is 0.0470. The molecular formula is C19H16ClF3N2O3S. The van der Waals surface area contributed by atoms with Crippen LogP contribution in [0.15, 0.2) is 51.8 Å². The summed E-state index contributed by atoms with van der Waals surface area (Å²) in [5.41, 5.74) is -0.0342. The van der Waals surface area contributed by atoms with E-state index in [-0.39, 0.29) is 24.0 Å².